The SMILES string of the molecule is Cc1cc(=O)[nH]c(NC(=O)NCN[C-]=O)n1.FF.[CH3-].[Y]. The third-order valence-electron chi connectivity index (χ3n) is 1.51. The van der Waals surface area contributed by atoms with Gasteiger partial charge in [-0.25, -0.2) is 9.78 Å². The monoisotopic (exact) mass is 366 g/mol. The molecule has 0 saturated carbocycles. The van der Waals surface area contributed by atoms with Crippen molar-refractivity contribution < 1.29 is 51.4 Å². The van der Waals surface area contributed by atoms with Crippen molar-refractivity contribution in [3.8, 4) is 0 Å². The molecule has 1 heterocycles. The summed E-state index contributed by atoms with van der Waals surface area (Å²) >= 11 is 0. The Labute approximate surface area is 138 Å². The Balaban J connectivity index is -0.000000689. The molecule has 1 aromatic heterocycles. The summed E-state index contributed by atoms with van der Waals surface area (Å²) in [6.07, 6.45) is 1.39. The number of carbonyl (C=O) groups excluding carboxylic acids is 2. The van der Waals surface area contributed by atoms with Crippen LogP contribution in [0.1, 0.15) is 5.69 Å². The van der Waals surface area contributed by atoms with E-state index in [-0.39, 0.29) is 58.3 Å². The zero-order valence-electron chi connectivity index (χ0n) is 10.8. The Bertz CT molecular complexity index is 457. The van der Waals surface area contributed by atoms with Gasteiger partial charge in [0.25, 0.3) is 5.56 Å². The van der Waals surface area contributed by atoms with Crippen LogP contribution in [0, 0.1) is 14.4 Å². The van der Waals surface area contributed by atoms with Crippen LogP contribution in [-0.2, 0) is 37.5 Å². The maximum Gasteiger partial charge on any atom is 0.322 e. The number of nitrogens with zero attached hydrogens (tertiary/aromatic N) is 1. The molecule has 8 nitrogen and oxygen atoms in total. The van der Waals surface area contributed by atoms with Crippen LogP contribution in [-0.4, -0.2) is 29.1 Å². The second-order valence-electron chi connectivity index (χ2n) is 2.82. The van der Waals surface area contributed by atoms with E-state index in [9.17, 15) is 14.4 Å². The number of aromatic amines is 1. The third-order valence-corrected chi connectivity index (χ3v) is 1.51. The van der Waals surface area contributed by atoms with E-state index in [4.69, 9.17) is 9.15 Å². The van der Waals surface area contributed by atoms with E-state index in [1.54, 1.807) is 6.92 Å². The van der Waals surface area contributed by atoms with Gasteiger partial charge in [-0.15, -0.1) is 0 Å². The normalized spacial score (nSPS) is 7.75. The maximum atomic E-state index is 11.2. The number of halogens is 2. The van der Waals surface area contributed by atoms with Crippen LogP contribution >= 0.6 is 0 Å². The number of nitrogens with one attached hydrogen (secondary N) is 4. The molecule has 0 saturated heterocycles. The molecule has 0 aliphatic heterocycles. The molecule has 0 aromatic carbocycles. The van der Waals surface area contributed by atoms with Gasteiger partial charge in [-0.05, 0) is 6.92 Å². The largest absolute Gasteiger partial charge is 0.520 e. The number of amides is 3. The fraction of sp³-hybridized carbons (Fsp3) is 0.222. The van der Waals surface area contributed by atoms with Crippen molar-refractivity contribution in [3.63, 3.8) is 0 Å². The molecule has 11 heteroatoms. The molecule has 0 atom stereocenters. The Morgan fingerprint density at radius 1 is 1.50 bits per heavy atom. The molecule has 0 bridgehead atoms. The van der Waals surface area contributed by atoms with Crippen LogP contribution in [0.15, 0.2) is 10.9 Å². The summed E-state index contributed by atoms with van der Waals surface area (Å²) in [7, 11) is 0. The van der Waals surface area contributed by atoms with Gasteiger partial charge in [-0.2, -0.15) is 6.41 Å². The first-order valence-corrected chi connectivity index (χ1v) is 4.49. The second-order valence-corrected chi connectivity index (χ2v) is 2.82. The summed E-state index contributed by atoms with van der Waals surface area (Å²) in [6, 6.07) is 0.697. The summed E-state index contributed by atoms with van der Waals surface area (Å²) < 4.78 is 16.0. The van der Waals surface area contributed by atoms with Crippen molar-refractivity contribution >= 4 is 18.4 Å². The van der Waals surface area contributed by atoms with Crippen LogP contribution in [0.2, 0.25) is 0 Å². The van der Waals surface area contributed by atoms with Gasteiger partial charge in [0.1, 0.15) is 0 Å². The van der Waals surface area contributed by atoms with Gasteiger partial charge in [0.15, 0.2) is 0 Å². The number of rotatable bonds is 4. The van der Waals surface area contributed by atoms with Gasteiger partial charge < -0.3 is 22.9 Å². The quantitative estimate of drug-likeness (QED) is 0.262. The average Bonchev–Trinajstić information content (AvgIpc) is 2.30. The molecule has 0 spiro atoms. The summed E-state index contributed by atoms with van der Waals surface area (Å²) in [4.78, 5) is 38.2. The summed E-state index contributed by atoms with van der Waals surface area (Å²) in [5.74, 6) is 0.0394. The van der Waals surface area contributed by atoms with Gasteiger partial charge >= 0.3 is 6.03 Å². The van der Waals surface area contributed by atoms with Crippen LogP contribution in [0.5, 0.6) is 0 Å². The number of H-pyrrole nitrogens is 1. The molecule has 3 amide bonds. The predicted octanol–water partition coefficient (Wildman–Crippen LogP) is 0.102. The fourth-order valence-corrected chi connectivity index (χ4v) is 0.951. The minimum absolute atomic E-state index is 0. The molecule has 0 fully saturated rings. The van der Waals surface area contributed by atoms with Crippen molar-refractivity contribution in [1.82, 2.24) is 20.6 Å². The first kappa shape index (κ1) is 23.7. The first-order chi connectivity index (χ1) is 8.61. The third kappa shape index (κ3) is 10.5. The van der Waals surface area contributed by atoms with Crippen molar-refractivity contribution in [2.75, 3.05) is 12.0 Å². The average molecular weight is 366 g/mol. The summed E-state index contributed by atoms with van der Waals surface area (Å²) in [6.45, 7) is 1.56. The fourth-order valence-electron chi connectivity index (χ4n) is 0.951. The van der Waals surface area contributed by atoms with E-state index in [0.717, 1.165) is 0 Å². The molecule has 1 rings (SSSR count). The van der Waals surface area contributed by atoms with Gasteiger partial charge in [-0.1, -0.05) is 0 Å². The minimum atomic E-state index is -0.600. The van der Waals surface area contributed by atoms with E-state index in [2.05, 4.69) is 25.9 Å². The molecule has 4 N–H and O–H groups in total. The molecule has 0 aliphatic carbocycles. The van der Waals surface area contributed by atoms with Crippen molar-refractivity contribution in [2.24, 2.45) is 0 Å². The zero-order valence-corrected chi connectivity index (χ0v) is 13.6. The van der Waals surface area contributed by atoms with Crippen LogP contribution in [0.25, 0.3) is 0 Å². The number of hydrogen-bond acceptors (Lipinski definition) is 4. The van der Waals surface area contributed by atoms with E-state index in [1.165, 1.54) is 12.5 Å². The molecule has 20 heavy (non-hydrogen) atoms. The van der Waals surface area contributed by atoms with Gasteiger partial charge in [0.05, 0.1) is 6.67 Å². The Morgan fingerprint density at radius 2 is 2.10 bits per heavy atom. The molecule has 0 aliphatic rings. The van der Waals surface area contributed by atoms with Crippen molar-refractivity contribution in [2.45, 2.75) is 6.92 Å². The number of aromatic nitrogens is 2. The molecular weight excluding hydrogens is 353 g/mol. The van der Waals surface area contributed by atoms with Crippen LogP contribution < -0.4 is 21.5 Å². The number of urea groups is 1. The van der Waals surface area contributed by atoms with Gasteiger partial charge in [0.2, 0.25) is 5.95 Å². The molecule has 111 valence electrons. The maximum absolute atomic E-state index is 11.2. The Hall–Kier alpha value is -1.42. The Morgan fingerprint density at radius 3 is 2.60 bits per heavy atom. The smallest absolute Gasteiger partial charge is 0.322 e. The molecule has 0 unspecified atom stereocenters. The van der Waals surface area contributed by atoms with E-state index in [0.29, 0.717) is 5.69 Å². The number of anilines is 1. The molecular formula is C9H13F2N5O3Y-2. The minimum Gasteiger partial charge on any atom is -0.520 e. The van der Waals surface area contributed by atoms with Crippen molar-refractivity contribution in [1.29, 1.82) is 0 Å². The van der Waals surface area contributed by atoms with Gasteiger partial charge in [-0.3, -0.25) is 15.1 Å². The predicted molar refractivity (Wildman–Crippen MR) is 64.1 cm³/mol. The summed E-state index contributed by atoms with van der Waals surface area (Å²) in [5.41, 5.74) is 0.126. The van der Waals surface area contributed by atoms with E-state index in [1.807, 2.05) is 0 Å². The number of carbonyl (C=O) groups is 1. The Kier molecular flexibility index (Phi) is 16.6. The topological polar surface area (TPSA) is 116 Å². The van der Waals surface area contributed by atoms with Gasteiger partial charge in [0, 0.05) is 53.6 Å². The van der Waals surface area contributed by atoms with Crippen LogP contribution in [0.3, 0.4) is 0 Å². The number of hydrogen-bond donors (Lipinski definition) is 4. The van der Waals surface area contributed by atoms with Crippen molar-refractivity contribution in [3.05, 3.63) is 29.5 Å². The second kappa shape index (κ2) is 14.0. The number of aryl methyl sites for hydroxylation is 1. The van der Waals surface area contributed by atoms with Crippen LogP contribution in [0.4, 0.5) is 19.9 Å². The first-order valence-electron chi connectivity index (χ1n) is 4.49. The van der Waals surface area contributed by atoms with E-state index >= 15 is 0 Å². The zero-order chi connectivity index (χ0) is 14.0. The molecule has 1 aromatic rings. The standard InChI is InChI=1S/C8H10N5O3.CH3.F2.Y/c1-5-2-6(15)12-7(11-5)13-8(16)10-3-9-4-14;;1-2;/h2H,3H2,1H3,(H,9,14)(H3,10,11,12,13,15,16);1H3;;/q2*-1;;. The van der Waals surface area contributed by atoms with E-state index < -0.39 is 6.03 Å². The summed E-state index contributed by atoms with van der Waals surface area (Å²) in [5, 5.41) is 6.70. The molecule has 1 radical (unpaired) electrons.